The molecule has 0 aromatic heterocycles. The largest absolute Gasteiger partial charge is 0.466 e. The van der Waals surface area contributed by atoms with E-state index in [0.29, 0.717) is 31.4 Å². The summed E-state index contributed by atoms with van der Waals surface area (Å²) in [5, 5.41) is 0. The van der Waals surface area contributed by atoms with E-state index in [9.17, 15) is 18.0 Å². The molecule has 168 valence electrons. The molecule has 1 aromatic carbocycles. The number of rotatable bonds is 6. The van der Waals surface area contributed by atoms with E-state index in [4.69, 9.17) is 4.74 Å². The van der Waals surface area contributed by atoms with Crippen molar-refractivity contribution in [2.45, 2.75) is 71.0 Å². The lowest BCUT2D eigenvalue weighted by molar-refractivity contribution is -0.145. The lowest BCUT2D eigenvalue weighted by Gasteiger charge is -2.41. The van der Waals surface area contributed by atoms with Crippen molar-refractivity contribution in [1.29, 1.82) is 0 Å². The highest BCUT2D eigenvalue weighted by atomic mass is 19.4. The lowest BCUT2D eigenvalue weighted by atomic mass is 9.76. The Kier molecular flexibility index (Phi) is 8.20. The molecule has 1 aliphatic heterocycles. The van der Waals surface area contributed by atoms with E-state index in [2.05, 4.69) is 4.90 Å². The molecule has 30 heavy (non-hydrogen) atoms. The van der Waals surface area contributed by atoms with Gasteiger partial charge in [0.05, 0.1) is 12.2 Å². The molecular formula is C24H34F3NO2. The highest BCUT2D eigenvalue weighted by Gasteiger charge is 2.34. The van der Waals surface area contributed by atoms with Gasteiger partial charge in [0, 0.05) is 26.1 Å². The Morgan fingerprint density at radius 3 is 2.30 bits per heavy atom. The molecule has 6 heteroatoms. The minimum atomic E-state index is -4.31. The zero-order valence-electron chi connectivity index (χ0n) is 17.9. The SMILES string of the molecule is CCOC(=O)CC1CC(C2CCCCCC2)CN(Cc2ccc(C(F)(F)F)cc2)C1. The van der Waals surface area contributed by atoms with Gasteiger partial charge < -0.3 is 4.74 Å². The van der Waals surface area contributed by atoms with Gasteiger partial charge in [-0.25, -0.2) is 0 Å². The second-order valence-electron chi connectivity index (χ2n) is 9.01. The average Bonchev–Trinajstić information content (AvgIpc) is 2.97. The molecule has 0 N–H and O–H groups in total. The Morgan fingerprint density at radius 2 is 1.70 bits per heavy atom. The minimum Gasteiger partial charge on any atom is -0.466 e. The normalized spacial score (nSPS) is 24.4. The van der Waals surface area contributed by atoms with E-state index in [1.54, 1.807) is 12.1 Å². The highest BCUT2D eigenvalue weighted by molar-refractivity contribution is 5.69. The quantitative estimate of drug-likeness (QED) is 0.409. The summed E-state index contributed by atoms with van der Waals surface area (Å²) in [6, 6.07) is 5.49. The van der Waals surface area contributed by atoms with Crippen LogP contribution in [0.15, 0.2) is 24.3 Å². The van der Waals surface area contributed by atoms with Crippen LogP contribution in [0.1, 0.15) is 69.4 Å². The third-order valence-electron chi connectivity index (χ3n) is 6.66. The standard InChI is InChI=1S/C24H34F3NO2/c1-2-30-23(29)14-19-13-21(20-7-5-3-4-6-8-20)17-28(16-19)15-18-9-11-22(12-10-18)24(25,26)27/h9-12,19-21H,2-8,13-17H2,1H3. The van der Waals surface area contributed by atoms with Crippen LogP contribution in [0.3, 0.4) is 0 Å². The fourth-order valence-electron chi connectivity index (χ4n) is 5.26. The number of benzene rings is 1. The maximum Gasteiger partial charge on any atom is 0.416 e. The van der Waals surface area contributed by atoms with Crippen LogP contribution in [0.25, 0.3) is 0 Å². The molecule has 1 heterocycles. The van der Waals surface area contributed by atoms with Crippen molar-refractivity contribution in [1.82, 2.24) is 4.90 Å². The van der Waals surface area contributed by atoms with Gasteiger partial charge in [0.15, 0.2) is 0 Å². The Balaban J connectivity index is 1.68. The monoisotopic (exact) mass is 425 g/mol. The fourth-order valence-corrected chi connectivity index (χ4v) is 5.26. The topological polar surface area (TPSA) is 29.5 Å². The van der Waals surface area contributed by atoms with Crippen molar-refractivity contribution < 1.29 is 22.7 Å². The fraction of sp³-hybridized carbons (Fsp3) is 0.708. The molecule has 3 nitrogen and oxygen atoms in total. The molecular weight excluding hydrogens is 391 g/mol. The molecule has 1 saturated heterocycles. The lowest BCUT2D eigenvalue weighted by Crippen LogP contribution is -2.43. The summed E-state index contributed by atoms with van der Waals surface area (Å²) in [7, 11) is 0. The van der Waals surface area contributed by atoms with Crippen LogP contribution < -0.4 is 0 Å². The first kappa shape index (κ1) is 23.1. The number of ether oxygens (including phenoxy) is 1. The van der Waals surface area contributed by atoms with Gasteiger partial charge in [-0.3, -0.25) is 9.69 Å². The number of hydrogen-bond acceptors (Lipinski definition) is 3. The summed E-state index contributed by atoms with van der Waals surface area (Å²) in [6.45, 7) is 4.60. The summed E-state index contributed by atoms with van der Waals surface area (Å²) in [4.78, 5) is 14.4. The Morgan fingerprint density at radius 1 is 1.03 bits per heavy atom. The van der Waals surface area contributed by atoms with Gasteiger partial charge >= 0.3 is 12.1 Å². The van der Waals surface area contributed by atoms with Crippen molar-refractivity contribution >= 4 is 5.97 Å². The molecule has 1 saturated carbocycles. The molecule has 2 unspecified atom stereocenters. The number of esters is 1. The predicted molar refractivity (Wildman–Crippen MR) is 111 cm³/mol. The number of nitrogens with zero attached hydrogens (tertiary/aromatic N) is 1. The molecule has 0 spiro atoms. The van der Waals surface area contributed by atoms with Gasteiger partial charge in [0.1, 0.15) is 0 Å². The maximum atomic E-state index is 12.8. The molecule has 2 aliphatic rings. The highest BCUT2D eigenvalue weighted by Crippen LogP contribution is 2.37. The van der Waals surface area contributed by atoms with Gasteiger partial charge in [-0.05, 0) is 48.8 Å². The molecule has 2 atom stereocenters. The van der Waals surface area contributed by atoms with E-state index < -0.39 is 11.7 Å². The van der Waals surface area contributed by atoms with Crippen LogP contribution in [0.5, 0.6) is 0 Å². The second-order valence-corrected chi connectivity index (χ2v) is 9.01. The number of carbonyl (C=O) groups is 1. The van der Waals surface area contributed by atoms with Crippen molar-refractivity contribution in [3.8, 4) is 0 Å². The van der Waals surface area contributed by atoms with Gasteiger partial charge in [0.25, 0.3) is 0 Å². The van der Waals surface area contributed by atoms with Crippen LogP contribution in [-0.4, -0.2) is 30.6 Å². The van der Waals surface area contributed by atoms with Crippen LogP contribution in [0.2, 0.25) is 0 Å². The molecule has 2 fully saturated rings. The Labute approximate surface area is 178 Å². The van der Waals surface area contributed by atoms with Crippen LogP contribution in [-0.2, 0) is 22.3 Å². The number of piperidine rings is 1. The molecule has 0 radical (unpaired) electrons. The van der Waals surface area contributed by atoms with Gasteiger partial charge in [-0.1, -0.05) is 50.7 Å². The van der Waals surface area contributed by atoms with Crippen molar-refractivity contribution in [3.05, 3.63) is 35.4 Å². The Hall–Kier alpha value is -1.56. The van der Waals surface area contributed by atoms with Gasteiger partial charge in [0.2, 0.25) is 0 Å². The number of likely N-dealkylation sites (tertiary alicyclic amines) is 1. The van der Waals surface area contributed by atoms with E-state index in [1.165, 1.54) is 38.5 Å². The first-order chi connectivity index (χ1) is 14.3. The van der Waals surface area contributed by atoms with Crippen molar-refractivity contribution in [3.63, 3.8) is 0 Å². The zero-order chi connectivity index (χ0) is 21.6. The van der Waals surface area contributed by atoms with E-state index in [-0.39, 0.29) is 11.9 Å². The number of hydrogen-bond donors (Lipinski definition) is 0. The third-order valence-corrected chi connectivity index (χ3v) is 6.66. The van der Waals surface area contributed by atoms with E-state index in [1.807, 2.05) is 6.92 Å². The molecule has 0 amide bonds. The summed E-state index contributed by atoms with van der Waals surface area (Å²) in [5.41, 5.74) is 0.279. The first-order valence-electron chi connectivity index (χ1n) is 11.4. The number of halogens is 3. The molecule has 1 aromatic rings. The second kappa shape index (κ2) is 10.7. The molecule has 0 bridgehead atoms. The molecule has 1 aliphatic carbocycles. The number of alkyl halides is 3. The zero-order valence-corrected chi connectivity index (χ0v) is 17.9. The van der Waals surface area contributed by atoms with Gasteiger partial charge in [-0.2, -0.15) is 13.2 Å². The number of carbonyl (C=O) groups excluding carboxylic acids is 1. The summed E-state index contributed by atoms with van der Waals surface area (Å²) in [5.74, 6) is 1.34. The predicted octanol–water partition coefficient (Wildman–Crippen LogP) is 6.07. The maximum absolute atomic E-state index is 12.8. The summed E-state index contributed by atoms with van der Waals surface area (Å²) in [6.07, 6.45) is 4.86. The van der Waals surface area contributed by atoms with Crippen molar-refractivity contribution in [2.75, 3.05) is 19.7 Å². The van der Waals surface area contributed by atoms with Crippen LogP contribution in [0, 0.1) is 17.8 Å². The Bertz CT molecular complexity index is 666. The summed E-state index contributed by atoms with van der Waals surface area (Å²) >= 11 is 0. The minimum absolute atomic E-state index is 0.140. The van der Waals surface area contributed by atoms with Crippen LogP contribution in [0.4, 0.5) is 13.2 Å². The van der Waals surface area contributed by atoms with Crippen molar-refractivity contribution in [2.24, 2.45) is 17.8 Å². The third kappa shape index (κ3) is 6.73. The first-order valence-corrected chi connectivity index (χ1v) is 11.4. The smallest absolute Gasteiger partial charge is 0.416 e. The molecule has 3 rings (SSSR count). The summed E-state index contributed by atoms with van der Waals surface area (Å²) < 4.78 is 43.7. The van der Waals surface area contributed by atoms with E-state index in [0.717, 1.165) is 37.2 Å². The van der Waals surface area contributed by atoms with Gasteiger partial charge in [-0.15, -0.1) is 0 Å². The van der Waals surface area contributed by atoms with E-state index >= 15 is 0 Å². The average molecular weight is 426 g/mol. The van der Waals surface area contributed by atoms with Crippen LogP contribution >= 0.6 is 0 Å².